The van der Waals surface area contributed by atoms with Gasteiger partial charge in [-0.05, 0) is 61.5 Å². The predicted octanol–water partition coefficient (Wildman–Crippen LogP) is 4.99. The van der Waals surface area contributed by atoms with Crippen molar-refractivity contribution >= 4 is 38.3 Å². The maximum atomic E-state index is 13.0. The average Bonchev–Trinajstić information content (AvgIpc) is 3.29. The number of rotatable bonds is 6. The minimum Gasteiger partial charge on any atom is -0.338 e. The fourth-order valence-electron chi connectivity index (χ4n) is 3.59. The first-order valence-corrected chi connectivity index (χ1v) is 12.3. The van der Waals surface area contributed by atoms with Crippen molar-refractivity contribution < 1.29 is 13.2 Å². The van der Waals surface area contributed by atoms with Crippen LogP contribution in [-0.2, 0) is 10.0 Å². The van der Waals surface area contributed by atoms with Crippen LogP contribution in [0.4, 0.5) is 11.4 Å². The minimum atomic E-state index is -3.89. The van der Waals surface area contributed by atoms with Crippen LogP contribution in [0, 0.1) is 6.92 Å². The Kier molecular flexibility index (Phi) is 5.76. The predicted molar refractivity (Wildman–Crippen MR) is 136 cm³/mol. The van der Waals surface area contributed by atoms with E-state index in [-0.39, 0.29) is 16.1 Å². The molecular formula is C26H21N5O3S. The highest BCUT2D eigenvalue weighted by atomic mass is 32.2. The first kappa shape index (κ1) is 22.3. The first-order valence-electron chi connectivity index (χ1n) is 10.8. The molecule has 0 radical (unpaired) electrons. The normalized spacial score (nSPS) is 11.3. The van der Waals surface area contributed by atoms with Crippen LogP contribution in [0.3, 0.4) is 0 Å². The molecule has 5 aromatic rings. The summed E-state index contributed by atoms with van der Waals surface area (Å²) in [5.74, 6) is 0.261. The Morgan fingerprint density at radius 1 is 0.914 bits per heavy atom. The number of carbonyl (C=O) groups is 1. The van der Waals surface area contributed by atoms with Crippen molar-refractivity contribution in [1.82, 2.24) is 15.0 Å². The molecule has 2 heterocycles. The summed E-state index contributed by atoms with van der Waals surface area (Å²) in [6, 6.07) is 22.9. The molecule has 9 heteroatoms. The number of hydrogen-bond acceptors (Lipinski definition) is 5. The number of benzene rings is 3. The second-order valence-electron chi connectivity index (χ2n) is 7.97. The van der Waals surface area contributed by atoms with E-state index >= 15 is 0 Å². The Labute approximate surface area is 202 Å². The smallest absolute Gasteiger partial charge is 0.261 e. The van der Waals surface area contributed by atoms with Crippen LogP contribution in [0.25, 0.3) is 22.4 Å². The van der Waals surface area contributed by atoms with Gasteiger partial charge in [-0.15, -0.1) is 0 Å². The van der Waals surface area contributed by atoms with Gasteiger partial charge in [0.2, 0.25) is 0 Å². The van der Waals surface area contributed by atoms with E-state index in [9.17, 15) is 13.2 Å². The molecule has 0 spiro atoms. The van der Waals surface area contributed by atoms with Crippen LogP contribution >= 0.6 is 0 Å². The number of hydrogen-bond donors (Lipinski definition) is 3. The van der Waals surface area contributed by atoms with E-state index in [1.165, 1.54) is 30.6 Å². The number of H-pyrrole nitrogens is 1. The number of anilines is 2. The molecule has 3 aromatic carbocycles. The van der Waals surface area contributed by atoms with Gasteiger partial charge in [0.05, 0.1) is 33.4 Å². The van der Waals surface area contributed by atoms with E-state index in [0.717, 1.165) is 28.0 Å². The van der Waals surface area contributed by atoms with Crippen LogP contribution < -0.4 is 10.0 Å². The van der Waals surface area contributed by atoms with Gasteiger partial charge in [0.1, 0.15) is 5.82 Å². The lowest BCUT2D eigenvalue weighted by atomic mass is 10.1. The quantitative estimate of drug-likeness (QED) is 0.315. The third kappa shape index (κ3) is 4.75. The van der Waals surface area contributed by atoms with Crippen molar-refractivity contribution in [2.24, 2.45) is 0 Å². The summed E-state index contributed by atoms with van der Waals surface area (Å²) in [6.07, 6.45) is 2.74. The maximum absolute atomic E-state index is 13.0. The number of nitrogens with one attached hydrogen (secondary N) is 3. The van der Waals surface area contributed by atoms with Crippen LogP contribution in [0.2, 0.25) is 0 Å². The lowest BCUT2D eigenvalue weighted by Gasteiger charge is -2.13. The number of fused-ring (bicyclic) bond motifs is 1. The van der Waals surface area contributed by atoms with Gasteiger partial charge in [0.25, 0.3) is 15.9 Å². The summed E-state index contributed by atoms with van der Waals surface area (Å²) >= 11 is 0. The number of pyridine rings is 1. The van der Waals surface area contributed by atoms with Crippen molar-refractivity contribution in [3.63, 3.8) is 0 Å². The molecule has 0 saturated carbocycles. The molecule has 5 rings (SSSR count). The largest absolute Gasteiger partial charge is 0.338 e. The zero-order valence-corrected chi connectivity index (χ0v) is 19.5. The van der Waals surface area contributed by atoms with Gasteiger partial charge in [-0.3, -0.25) is 14.5 Å². The number of aromatic amines is 1. The Hall–Kier alpha value is -4.50. The molecule has 0 aliphatic carbocycles. The molecule has 0 saturated heterocycles. The highest BCUT2D eigenvalue weighted by molar-refractivity contribution is 7.92. The zero-order chi connectivity index (χ0) is 24.4. The van der Waals surface area contributed by atoms with Crippen molar-refractivity contribution in [2.75, 3.05) is 10.0 Å². The average molecular weight is 484 g/mol. The standard InChI is InChI=1S/C26H21N5O3S/c1-17-6-12-20(13-7-17)35(33,34)31-24-16-27-15-14-21(24)26(32)28-19-10-8-18(9-11-19)25-29-22-4-2-3-5-23(22)30-25/h2-16,31H,1H3,(H,28,32)(H,29,30). The first-order chi connectivity index (χ1) is 16.9. The Morgan fingerprint density at radius 3 is 2.40 bits per heavy atom. The molecule has 0 bridgehead atoms. The molecule has 0 atom stereocenters. The van der Waals surface area contributed by atoms with E-state index in [1.54, 1.807) is 24.3 Å². The summed E-state index contributed by atoms with van der Waals surface area (Å²) in [5.41, 5.74) is 4.42. The molecule has 0 aliphatic rings. The highest BCUT2D eigenvalue weighted by Crippen LogP contribution is 2.24. The van der Waals surface area contributed by atoms with Gasteiger partial charge < -0.3 is 10.3 Å². The fourth-order valence-corrected chi connectivity index (χ4v) is 4.66. The second-order valence-corrected chi connectivity index (χ2v) is 9.66. The number of imidazole rings is 1. The van der Waals surface area contributed by atoms with E-state index in [4.69, 9.17) is 0 Å². The number of para-hydroxylation sites is 2. The molecule has 0 fully saturated rings. The van der Waals surface area contributed by atoms with Gasteiger partial charge in [-0.1, -0.05) is 29.8 Å². The van der Waals surface area contributed by atoms with Gasteiger partial charge in [0, 0.05) is 17.4 Å². The van der Waals surface area contributed by atoms with Gasteiger partial charge in [-0.2, -0.15) is 0 Å². The summed E-state index contributed by atoms with van der Waals surface area (Å²) < 4.78 is 28.1. The lowest BCUT2D eigenvalue weighted by molar-refractivity contribution is 0.102. The van der Waals surface area contributed by atoms with Crippen molar-refractivity contribution in [2.45, 2.75) is 11.8 Å². The summed E-state index contributed by atoms with van der Waals surface area (Å²) in [7, 11) is -3.89. The number of amides is 1. The van der Waals surface area contributed by atoms with Gasteiger partial charge >= 0.3 is 0 Å². The minimum absolute atomic E-state index is 0.0875. The van der Waals surface area contributed by atoms with Crippen molar-refractivity contribution in [3.05, 3.63) is 102 Å². The maximum Gasteiger partial charge on any atom is 0.261 e. The lowest BCUT2D eigenvalue weighted by Crippen LogP contribution is -2.19. The fraction of sp³-hybridized carbons (Fsp3) is 0.0385. The third-order valence-electron chi connectivity index (χ3n) is 5.45. The number of nitrogens with zero attached hydrogens (tertiary/aromatic N) is 2. The summed E-state index contributed by atoms with van der Waals surface area (Å²) in [4.78, 5) is 24.9. The Bertz CT molecular complexity index is 1590. The highest BCUT2D eigenvalue weighted by Gasteiger charge is 2.19. The number of sulfonamides is 1. The number of carbonyl (C=O) groups excluding carboxylic acids is 1. The Balaban J connectivity index is 1.34. The summed E-state index contributed by atoms with van der Waals surface area (Å²) in [5, 5.41) is 2.80. The molecule has 0 unspecified atom stereocenters. The third-order valence-corrected chi connectivity index (χ3v) is 6.83. The molecule has 2 aromatic heterocycles. The number of aromatic nitrogens is 3. The van der Waals surface area contributed by atoms with Crippen LogP contribution in [0.1, 0.15) is 15.9 Å². The second kappa shape index (κ2) is 9.03. The molecule has 1 amide bonds. The monoisotopic (exact) mass is 483 g/mol. The topological polar surface area (TPSA) is 117 Å². The SMILES string of the molecule is Cc1ccc(S(=O)(=O)Nc2cnccc2C(=O)Nc2ccc(-c3nc4ccccc4[nH]3)cc2)cc1. The summed E-state index contributed by atoms with van der Waals surface area (Å²) in [6.45, 7) is 1.87. The molecular weight excluding hydrogens is 462 g/mol. The van der Waals surface area contributed by atoms with E-state index < -0.39 is 15.9 Å². The van der Waals surface area contributed by atoms with E-state index in [1.807, 2.05) is 43.3 Å². The Morgan fingerprint density at radius 2 is 1.66 bits per heavy atom. The molecule has 8 nitrogen and oxygen atoms in total. The molecule has 174 valence electrons. The van der Waals surface area contributed by atoms with Gasteiger partial charge in [0.15, 0.2) is 0 Å². The molecule has 0 aliphatic heterocycles. The zero-order valence-electron chi connectivity index (χ0n) is 18.7. The molecule has 3 N–H and O–H groups in total. The van der Waals surface area contributed by atoms with Crippen molar-refractivity contribution in [1.29, 1.82) is 0 Å². The number of aryl methyl sites for hydroxylation is 1. The molecule has 35 heavy (non-hydrogen) atoms. The van der Waals surface area contributed by atoms with Crippen LogP contribution in [0.5, 0.6) is 0 Å². The van der Waals surface area contributed by atoms with Crippen LogP contribution in [-0.4, -0.2) is 29.3 Å². The van der Waals surface area contributed by atoms with Crippen molar-refractivity contribution in [3.8, 4) is 11.4 Å². The van der Waals surface area contributed by atoms with E-state index in [0.29, 0.717) is 5.69 Å². The van der Waals surface area contributed by atoms with Gasteiger partial charge in [-0.25, -0.2) is 13.4 Å². The van der Waals surface area contributed by atoms with Crippen LogP contribution in [0.15, 0.2) is 96.2 Å². The van der Waals surface area contributed by atoms with E-state index in [2.05, 4.69) is 25.0 Å².